The third kappa shape index (κ3) is 6.32. The van der Waals surface area contributed by atoms with E-state index in [1.54, 1.807) is 0 Å². The van der Waals surface area contributed by atoms with Crippen molar-refractivity contribution < 1.29 is 5.11 Å². The Kier molecular flexibility index (Phi) is 6.57. The third-order valence-corrected chi connectivity index (χ3v) is 2.07. The molecule has 2 heteroatoms. The molecule has 0 aromatic rings. The van der Waals surface area contributed by atoms with Gasteiger partial charge in [0.25, 0.3) is 0 Å². The first-order chi connectivity index (χ1) is 5.20. The van der Waals surface area contributed by atoms with Crippen molar-refractivity contribution in [1.29, 1.82) is 0 Å². The van der Waals surface area contributed by atoms with E-state index in [4.69, 9.17) is 0 Å². The fraction of sp³-hybridized carbons (Fsp3) is 1.00. The first kappa shape index (κ1) is 10.9. The molecule has 68 valence electrons. The fourth-order valence-electron chi connectivity index (χ4n) is 0.984. The van der Waals surface area contributed by atoms with Gasteiger partial charge >= 0.3 is 0 Å². The van der Waals surface area contributed by atoms with Gasteiger partial charge in [-0.2, -0.15) is 0 Å². The Morgan fingerprint density at radius 1 is 1.27 bits per heavy atom. The molecule has 11 heavy (non-hydrogen) atoms. The molecule has 0 aliphatic carbocycles. The quantitative estimate of drug-likeness (QED) is 0.579. The molecule has 0 aromatic heterocycles. The van der Waals surface area contributed by atoms with Crippen LogP contribution in [0.3, 0.4) is 0 Å². The summed E-state index contributed by atoms with van der Waals surface area (Å²) in [4.78, 5) is 0. The van der Waals surface area contributed by atoms with E-state index in [-0.39, 0.29) is 6.23 Å². The van der Waals surface area contributed by atoms with E-state index >= 15 is 0 Å². The molecule has 0 radical (unpaired) electrons. The number of nitrogens with one attached hydrogen (secondary N) is 1. The van der Waals surface area contributed by atoms with Gasteiger partial charge in [0, 0.05) is 0 Å². The van der Waals surface area contributed by atoms with E-state index in [2.05, 4.69) is 19.2 Å². The maximum Gasteiger partial charge on any atom is 0.104 e. The Hall–Kier alpha value is -0.0800. The average Bonchev–Trinajstić information content (AvgIpc) is 2.01. The van der Waals surface area contributed by atoms with E-state index in [9.17, 15) is 5.11 Å². The van der Waals surface area contributed by atoms with Crippen molar-refractivity contribution in [3.63, 3.8) is 0 Å². The molecule has 0 rings (SSSR count). The van der Waals surface area contributed by atoms with Gasteiger partial charge in [-0.05, 0) is 25.3 Å². The van der Waals surface area contributed by atoms with E-state index in [1.165, 1.54) is 6.42 Å². The molecule has 0 aliphatic heterocycles. The average molecular weight is 159 g/mol. The Morgan fingerprint density at radius 2 is 1.91 bits per heavy atom. The zero-order chi connectivity index (χ0) is 8.69. The van der Waals surface area contributed by atoms with Crippen LogP contribution in [0.4, 0.5) is 0 Å². The zero-order valence-electron chi connectivity index (χ0n) is 7.93. The van der Waals surface area contributed by atoms with Gasteiger partial charge in [0.2, 0.25) is 0 Å². The van der Waals surface area contributed by atoms with E-state index < -0.39 is 0 Å². The van der Waals surface area contributed by atoms with Gasteiger partial charge in [0.1, 0.15) is 6.23 Å². The van der Waals surface area contributed by atoms with Crippen LogP contribution in [-0.4, -0.2) is 17.9 Å². The predicted molar refractivity (Wildman–Crippen MR) is 48.4 cm³/mol. The second kappa shape index (κ2) is 6.62. The molecular weight excluding hydrogens is 138 g/mol. The largest absolute Gasteiger partial charge is 0.379 e. The minimum Gasteiger partial charge on any atom is -0.379 e. The van der Waals surface area contributed by atoms with Crippen LogP contribution in [0.1, 0.15) is 40.0 Å². The lowest BCUT2D eigenvalue weighted by molar-refractivity contribution is 0.122. The molecule has 0 aromatic carbocycles. The smallest absolute Gasteiger partial charge is 0.104 e. The number of rotatable bonds is 6. The maximum atomic E-state index is 9.28. The minimum absolute atomic E-state index is 0.297. The second-order valence-electron chi connectivity index (χ2n) is 3.16. The van der Waals surface area contributed by atoms with Gasteiger partial charge in [-0.15, -0.1) is 0 Å². The monoisotopic (exact) mass is 159 g/mol. The molecular formula is C9H21NO. The highest BCUT2D eigenvalue weighted by molar-refractivity contribution is 4.56. The van der Waals surface area contributed by atoms with Gasteiger partial charge in [-0.3, -0.25) is 5.32 Å². The highest BCUT2D eigenvalue weighted by Crippen LogP contribution is 2.09. The van der Waals surface area contributed by atoms with Gasteiger partial charge in [-0.1, -0.05) is 27.2 Å². The summed E-state index contributed by atoms with van der Waals surface area (Å²) >= 11 is 0. The maximum absolute atomic E-state index is 9.28. The molecule has 0 spiro atoms. The molecule has 0 fully saturated rings. The van der Waals surface area contributed by atoms with Crippen molar-refractivity contribution in [3.05, 3.63) is 0 Å². The lowest BCUT2D eigenvalue weighted by Crippen LogP contribution is -2.28. The van der Waals surface area contributed by atoms with Crippen LogP contribution in [0.15, 0.2) is 0 Å². The van der Waals surface area contributed by atoms with Crippen LogP contribution in [0.25, 0.3) is 0 Å². The molecule has 0 saturated heterocycles. The molecule has 0 saturated carbocycles. The first-order valence-electron chi connectivity index (χ1n) is 4.62. The van der Waals surface area contributed by atoms with Crippen molar-refractivity contribution in [3.8, 4) is 0 Å². The van der Waals surface area contributed by atoms with E-state index in [0.717, 1.165) is 25.3 Å². The Bertz CT molecular complexity index is 85.6. The third-order valence-electron chi connectivity index (χ3n) is 2.07. The van der Waals surface area contributed by atoms with Crippen molar-refractivity contribution in [2.24, 2.45) is 5.92 Å². The van der Waals surface area contributed by atoms with Crippen LogP contribution in [0.5, 0.6) is 0 Å². The summed E-state index contributed by atoms with van der Waals surface area (Å²) in [5, 5.41) is 12.3. The first-order valence-corrected chi connectivity index (χ1v) is 4.62. The fourth-order valence-corrected chi connectivity index (χ4v) is 0.984. The van der Waals surface area contributed by atoms with Crippen LogP contribution in [0, 0.1) is 5.92 Å². The summed E-state index contributed by atoms with van der Waals surface area (Å²) in [6.07, 6.45) is 2.90. The summed E-state index contributed by atoms with van der Waals surface area (Å²) in [5.74, 6) is 0.739. The van der Waals surface area contributed by atoms with Crippen LogP contribution >= 0.6 is 0 Å². The molecule has 2 unspecified atom stereocenters. The Balaban J connectivity index is 3.22. The summed E-state index contributed by atoms with van der Waals surface area (Å²) in [7, 11) is 0. The number of hydrogen-bond acceptors (Lipinski definition) is 2. The highest BCUT2D eigenvalue weighted by Gasteiger charge is 2.04. The zero-order valence-corrected chi connectivity index (χ0v) is 7.93. The van der Waals surface area contributed by atoms with Crippen molar-refractivity contribution in [1.82, 2.24) is 5.32 Å². The topological polar surface area (TPSA) is 32.3 Å². The lowest BCUT2D eigenvalue weighted by Gasteiger charge is -2.13. The van der Waals surface area contributed by atoms with Crippen LogP contribution in [0.2, 0.25) is 0 Å². The van der Waals surface area contributed by atoms with E-state index in [1.807, 2.05) is 6.92 Å². The molecule has 0 bridgehead atoms. The summed E-state index contributed by atoms with van der Waals surface area (Å²) < 4.78 is 0. The van der Waals surface area contributed by atoms with Crippen molar-refractivity contribution in [2.75, 3.05) is 6.54 Å². The van der Waals surface area contributed by atoms with Gasteiger partial charge in [0.15, 0.2) is 0 Å². The number of aliphatic hydroxyl groups excluding tert-OH is 1. The molecule has 0 aliphatic rings. The molecule has 2 nitrogen and oxygen atoms in total. The van der Waals surface area contributed by atoms with Crippen LogP contribution in [-0.2, 0) is 0 Å². The lowest BCUT2D eigenvalue weighted by atomic mass is 10.0. The van der Waals surface area contributed by atoms with Crippen molar-refractivity contribution in [2.45, 2.75) is 46.3 Å². The second-order valence-corrected chi connectivity index (χ2v) is 3.16. The molecule has 0 amide bonds. The van der Waals surface area contributed by atoms with Crippen molar-refractivity contribution >= 4 is 0 Å². The Morgan fingerprint density at radius 3 is 2.36 bits per heavy atom. The normalized spacial score (nSPS) is 16.4. The van der Waals surface area contributed by atoms with Gasteiger partial charge < -0.3 is 5.11 Å². The number of hydrogen-bond donors (Lipinski definition) is 2. The summed E-state index contributed by atoms with van der Waals surface area (Å²) in [6.45, 7) is 7.26. The summed E-state index contributed by atoms with van der Waals surface area (Å²) in [6, 6.07) is 0. The summed E-state index contributed by atoms with van der Waals surface area (Å²) in [5.41, 5.74) is 0. The minimum atomic E-state index is -0.297. The SMILES string of the molecule is CCNC(O)CCC(C)CC. The number of aliphatic hydroxyl groups is 1. The van der Waals surface area contributed by atoms with E-state index in [0.29, 0.717) is 0 Å². The molecule has 2 atom stereocenters. The predicted octanol–water partition coefficient (Wildman–Crippen LogP) is 1.74. The standard InChI is InChI=1S/C9H21NO/c1-4-8(3)6-7-9(11)10-5-2/h8-11H,4-7H2,1-3H3. The van der Waals surface area contributed by atoms with Crippen LogP contribution < -0.4 is 5.32 Å². The Labute approximate surface area is 70.0 Å². The molecule has 2 N–H and O–H groups in total. The van der Waals surface area contributed by atoms with Gasteiger partial charge in [-0.25, -0.2) is 0 Å². The van der Waals surface area contributed by atoms with Gasteiger partial charge in [0.05, 0.1) is 0 Å². The molecule has 0 heterocycles. The highest BCUT2D eigenvalue weighted by atomic mass is 16.3.